The Bertz CT molecular complexity index is 313. The summed E-state index contributed by atoms with van der Waals surface area (Å²) in [6, 6.07) is 9.32. The van der Waals surface area contributed by atoms with Crippen LogP contribution in [0.4, 0.5) is 4.39 Å². The number of halogens is 2. The summed E-state index contributed by atoms with van der Waals surface area (Å²) in [6.45, 7) is 1.14. The molecule has 1 rings (SSSR count). The Kier molecular flexibility index (Phi) is 3.96. The van der Waals surface area contributed by atoms with Crippen LogP contribution in [0.15, 0.2) is 30.3 Å². The Morgan fingerprint density at radius 2 is 2.07 bits per heavy atom. The molecule has 0 saturated heterocycles. The van der Waals surface area contributed by atoms with Gasteiger partial charge in [0, 0.05) is 12.7 Å². The zero-order valence-corrected chi connectivity index (χ0v) is 9.24. The molecule has 0 fully saturated rings. The predicted molar refractivity (Wildman–Crippen MR) is 58.1 cm³/mol. The van der Waals surface area contributed by atoms with Crippen molar-refractivity contribution in [3.8, 4) is 0 Å². The smallest absolute Gasteiger partial charge is 0.287 e. The molecule has 0 amide bonds. The second-order valence-corrected chi connectivity index (χ2v) is 4.73. The van der Waals surface area contributed by atoms with Crippen LogP contribution in [0.5, 0.6) is 0 Å². The molecule has 1 unspecified atom stereocenters. The van der Waals surface area contributed by atoms with Crippen LogP contribution in [0.1, 0.15) is 12.5 Å². The third kappa shape index (κ3) is 3.31. The summed E-state index contributed by atoms with van der Waals surface area (Å²) in [5.41, 5.74) is 0.946. The van der Waals surface area contributed by atoms with Crippen LogP contribution in [0.25, 0.3) is 0 Å². The van der Waals surface area contributed by atoms with Crippen LogP contribution in [-0.4, -0.2) is 10.2 Å². The van der Waals surface area contributed by atoms with E-state index in [9.17, 15) is 9.18 Å². The van der Waals surface area contributed by atoms with E-state index in [2.05, 4.69) is 0 Å². The first-order valence-electron chi connectivity index (χ1n) is 4.09. The van der Waals surface area contributed by atoms with Gasteiger partial charge in [-0.25, -0.2) is 4.39 Å². The first-order valence-corrected chi connectivity index (χ1v) is 5.45. The highest BCUT2D eigenvalue weighted by Gasteiger charge is 2.32. The van der Waals surface area contributed by atoms with Crippen molar-refractivity contribution in [2.45, 2.75) is 17.1 Å². The maximum absolute atomic E-state index is 13.3. The van der Waals surface area contributed by atoms with Crippen LogP contribution in [-0.2, 0) is 10.5 Å². The number of hydrogen-bond acceptors (Lipinski definition) is 2. The molecule has 1 aromatic rings. The first-order chi connectivity index (χ1) is 6.52. The molecule has 76 valence electrons. The largest absolute Gasteiger partial charge is 0.294 e. The molecule has 4 heteroatoms. The SMILES string of the molecule is CC(=O)C(F)(Cl)SCc1ccccc1. The maximum atomic E-state index is 13.3. The Labute approximate surface area is 91.6 Å². The topological polar surface area (TPSA) is 17.1 Å². The van der Waals surface area contributed by atoms with Crippen molar-refractivity contribution in [3.05, 3.63) is 35.9 Å². The van der Waals surface area contributed by atoms with Crippen molar-refractivity contribution in [3.63, 3.8) is 0 Å². The Hall–Kier alpha value is -0.540. The number of carbonyl (C=O) groups is 1. The lowest BCUT2D eigenvalue weighted by Gasteiger charge is -2.12. The Morgan fingerprint density at radius 1 is 1.50 bits per heavy atom. The van der Waals surface area contributed by atoms with Crippen molar-refractivity contribution in [2.75, 3.05) is 0 Å². The number of thioether (sulfide) groups is 1. The van der Waals surface area contributed by atoms with E-state index in [0.29, 0.717) is 5.75 Å². The molecule has 14 heavy (non-hydrogen) atoms. The van der Waals surface area contributed by atoms with E-state index < -0.39 is 10.2 Å². The van der Waals surface area contributed by atoms with Crippen LogP contribution in [0.3, 0.4) is 0 Å². The number of carbonyl (C=O) groups excluding carboxylic acids is 1. The zero-order valence-electron chi connectivity index (χ0n) is 7.67. The van der Waals surface area contributed by atoms with Gasteiger partial charge in [-0.3, -0.25) is 4.79 Å². The summed E-state index contributed by atoms with van der Waals surface area (Å²) < 4.78 is 11.0. The van der Waals surface area contributed by atoms with Crippen molar-refractivity contribution in [1.29, 1.82) is 0 Å². The predicted octanol–water partition coefficient (Wildman–Crippen LogP) is 3.37. The minimum Gasteiger partial charge on any atom is -0.294 e. The van der Waals surface area contributed by atoms with E-state index in [-0.39, 0.29) is 0 Å². The van der Waals surface area contributed by atoms with E-state index in [0.717, 1.165) is 24.2 Å². The number of ketones is 1. The zero-order chi connectivity index (χ0) is 10.6. The van der Waals surface area contributed by atoms with E-state index in [1.54, 1.807) is 0 Å². The molecule has 0 aliphatic heterocycles. The van der Waals surface area contributed by atoms with Crippen molar-refractivity contribution in [1.82, 2.24) is 0 Å². The van der Waals surface area contributed by atoms with Gasteiger partial charge in [0.15, 0.2) is 5.78 Å². The Balaban J connectivity index is 2.53. The summed E-state index contributed by atoms with van der Waals surface area (Å²) >= 11 is 6.16. The monoisotopic (exact) mass is 232 g/mol. The Morgan fingerprint density at radius 3 is 2.57 bits per heavy atom. The highest BCUT2D eigenvalue weighted by Crippen LogP contribution is 2.35. The van der Waals surface area contributed by atoms with E-state index in [4.69, 9.17) is 11.6 Å². The molecule has 1 atom stereocenters. The lowest BCUT2D eigenvalue weighted by Crippen LogP contribution is -2.19. The number of hydrogen-bond donors (Lipinski definition) is 0. The average molecular weight is 233 g/mol. The third-order valence-corrected chi connectivity index (χ3v) is 3.39. The average Bonchev–Trinajstić information content (AvgIpc) is 2.16. The van der Waals surface area contributed by atoms with Crippen molar-refractivity contribution < 1.29 is 9.18 Å². The van der Waals surface area contributed by atoms with Gasteiger partial charge < -0.3 is 0 Å². The van der Waals surface area contributed by atoms with Gasteiger partial charge in [0.25, 0.3) is 4.46 Å². The summed E-state index contributed by atoms with van der Waals surface area (Å²) in [5.74, 6) is -0.277. The van der Waals surface area contributed by atoms with Crippen LogP contribution < -0.4 is 0 Å². The van der Waals surface area contributed by atoms with Gasteiger partial charge >= 0.3 is 0 Å². The second kappa shape index (κ2) is 4.80. The van der Waals surface area contributed by atoms with E-state index >= 15 is 0 Å². The normalized spacial score (nSPS) is 14.8. The molecule has 0 radical (unpaired) electrons. The number of alkyl halides is 2. The minimum absolute atomic E-state index is 0.389. The summed E-state index contributed by atoms with van der Waals surface area (Å²) in [5, 5.41) is 0. The fraction of sp³-hybridized carbons (Fsp3) is 0.300. The molecule has 1 nitrogen and oxygen atoms in total. The highest BCUT2D eigenvalue weighted by atomic mass is 35.5. The van der Waals surface area contributed by atoms with Crippen molar-refractivity contribution in [2.24, 2.45) is 0 Å². The van der Waals surface area contributed by atoms with Gasteiger partial charge in [-0.1, -0.05) is 53.7 Å². The number of benzene rings is 1. The minimum atomic E-state index is -2.30. The molecule has 0 aliphatic rings. The maximum Gasteiger partial charge on any atom is 0.287 e. The van der Waals surface area contributed by atoms with Crippen molar-refractivity contribution >= 4 is 29.1 Å². The third-order valence-electron chi connectivity index (χ3n) is 1.67. The lowest BCUT2D eigenvalue weighted by atomic mass is 10.2. The quantitative estimate of drug-likeness (QED) is 0.741. The second-order valence-electron chi connectivity index (χ2n) is 2.85. The van der Waals surface area contributed by atoms with Crippen LogP contribution in [0.2, 0.25) is 0 Å². The molecule has 0 N–H and O–H groups in total. The van der Waals surface area contributed by atoms with Gasteiger partial charge in [-0.05, 0) is 5.56 Å². The van der Waals surface area contributed by atoms with Gasteiger partial charge in [0.05, 0.1) is 0 Å². The van der Waals surface area contributed by atoms with E-state index in [1.807, 2.05) is 30.3 Å². The first kappa shape index (κ1) is 11.5. The molecule has 0 bridgehead atoms. The van der Waals surface area contributed by atoms with Crippen LogP contribution in [0, 0.1) is 0 Å². The number of rotatable bonds is 4. The molecule has 0 aliphatic carbocycles. The lowest BCUT2D eigenvalue weighted by molar-refractivity contribution is -0.120. The van der Waals surface area contributed by atoms with Gasteiger partial charge in [-0.2, -0.15) is 0 Å². The molecular formula is C10H10ClFOS. The molecule has 0 saturated carbocycles. The summed E-state index contributed by atoms with van der Waals surface area (Å²) in [7, 11) is 0. The summed E-state index contributed by atoms with van der Waals surface area (Å²) in [6.07, 6.45) is 0. The van der Waals surface area contributed by atoms with Gasteiger partial charge in [0.1, 0.15) is 0 Å². The fourth-order valence-electron chi connectivity index (χ4n) is 0.850. The molecular weight excluding hydrogens is 223 g/mol. The fourth-order valence-corrected chi connectivity index (χ4v) is 1.76. The van der Waals surface area contributed by atoms with E-state index in [1.165, 1.54) is 0 Å². The summed E-state index contributed by atoms with van der Waals surface area (Å²) in [4.78, 5) is 10.8. The number of Topliss-reactive ketones (excluding diaryl/α,β-unsaturated/α-hetero) is 1. The van der Waals surface area contributed by atoms with Gasteiger partial charge in [-0.15, -0.1) is 0 Å². The van der Waals surface area contributed by atoms with Crippen LogP contribution >= 0.6 is 23.4 Å². The molecule has 0 heterocycles. The molecule has 0 spiro atoms. The molecule has 0 aromatic heterocycles. The molecule has 1 aromatic carbocycles. The standard InChI is InChI=1S/C10H10ClFOS/c1-8(13)10(11,12)14-7-9-5-3-2-4-6-9/h2-6H,7H2,1H3. The highest BCUT2D eigenvalue weighted by molar-refractivity contribution is 8.01. The van der Waals surface area contributed by atoms with Gasteiger partial charge in [0.2, 0.25) is 0 Å².